The molecule has 0 amide bonds. The lowest BCUT2D eigenvalue weighted by molar-refractivity contribution is -0.136. The van der Waals surface area contributed by atoms with Gasteiger partial charge in [0.05, 0.1) is 11.3 Å². The molecule has 3 nitrogen and oxygen atoms in total. The van der Waals surface area contributed by atoms with Gasteiger partial charge >= 0.3 is 6.18 Å². The second-order valence-corrected chi connectivity index (χ2v) is 7.19. The molecule has 0 radical (unpaired) electrons. The Bertz CT molecular complexity index is 805. The van der Waals surface area contributed by atoms with Gasteiger partial charge in [0, 0.05) is 37.7 Å². The van der Waals surface area contributed by atoms with Crippen molar-refractivity contribution in [3.63, 3.8) is 0 Å². The van der Waals surface area contributed by atoms with Crippen LogP contribution in [0.2, 0.25) is 5.02 Å². The molecule has 0 saturated carbocycles. The highest BCUT2D eigenvalue weighted by Crippen LogP contribution is 2.34. The van der Waals surface area contributed by atoms with Gasteiger partial charge in [-0.05, 0) is 42.0 Å². The van der Waals surface area contributed by atoms with Gasteiger partial charge < -0.3 is 10.2 Å². The van der Waals surface area contributed by atoms with Crippen molar-refractivity contribution in [2.24, 2.45) is 0 Å². The highest BCUT2D eigenvalue weighted by molar-refractivity contribution is 7.80. The number of benzene rings is 2. The number of para-hydroxylation sites is 1. The van der Waals surface area contributed by atoms with Crippen molar-refractivity contribution in [3.8, 4) is 0 Å². The summed E-state index contributed by atoms with van der Waals surface area (Å²) in [7, 11) is 0. The molecule has 1 N–H and O–H groups in total. The van der Waals surface area contributed by atoms with E-state index < -0.39 is 11.7 Å². The maximum atomic E-state index is 13.1. The second-order valence-electron chi connectivity index (χ2n) is 6.37. The van der Waals surface area contributed by atoms with Gasteiger partial charge in [-0.15, -0.1) is 0 Å². The molecule has 1 aliphatic rings. The van der Waals surface area contributed by atoms with Crippen molar-refractivity contribution in [1.29, 1.82) is 0 Å². The summed E-state index contributed by atoms with van der Waals surface area (Å²) in [6, 6.07) is 13.1. The van der Waals surface area contributed by atoms with E-state index in [0.717, 1.165) is 31.3 Å². The van der Waals surface area contributed by atoms with Crippen LogP contribution in [0.15, 0.2) is 48.5 Å². The zero-order chi connectivity index (χ0) is 19.4. The second kappa shape index (κ2) is 8.46. The molecule has 2 aromatic rings. The minimum Gasteiger partial charge on any atom is -0.346 e. The van der Waals surface area contributed by atoms with Crippen LogP contribution in [-0.4, -0.2) is 41.1 Å². The average molecular weight is 414 g/mol. The first kappa shape index (κ1) is 19.9. The van der Waals surface area contributed by atoms with Crippen LogP contribution in [0.1, 0.15) is 11.1 Å². The molecular formula is C19H19ClF3N3S. The van der Waals surface area contributed by atoms with Crippen LogP contribution in [0.3, 0.4) is 0 Å². The van der Waals surface area contributed by atoms with Gasteiger partial charge in [-0.25, -0.2) is 0 Å². The number of hydrogen-bond donors (Lipinski definition) is 1. The molecule has 0 aliphatic carbocycles. The zero-order valence-corrected chi connectivity index (χ0v) is 16.0. The third-order valence-corrected chi connectivity index (χ3v) is 5.02. The van der Waals surface area contributed by atoms with Gasteiger partial charge in [0.2, 0.25) is 0 Å². The third-order valence-electron chi connectivity index (χ3n) is 4.43. The van der Waals surface area contributed by atoms with Gasteiger partial charge in [0.25, 0.3) is 0 Å². The third kappa shape index (κ3) is 5.34. The monoisotopic (exact) mass is 413 g/mol. The number of anilines is 1. The zero-order valence-electron chi connectivity index (χ0n) is 14.5. The van der Waals surface area contributed by atoms with Gasteiger partial charge in [-0.1, -0.05) is 35.9 Å². The van der Waals surface area contributed by atoms with E-state index in [1.165, 1.54) is 12.1 Å². The summed E-state index contributed by atoms with van der Waals surface area (Å²) < 4.78 is 39.3. The molecule has 144 valence electrons. The molecule has 1 saturated heterocycles. The quantitative estimate of drug-likeness (QED) is 0.723. The fourth-order valence-corrected chi connectivity index (χ4v) is 3.54. The Morgan fingerprint density at radius 1 is 1.04 bits per heavy atom. The molecule has 0 atom stereocenters. The minimum atomic E-state index is -4.42. The van der Waals surface area contributed by atoms with Crippen molar-refractivity contribution >= 4 is 34.6 Å². The first-order valence-electron chi connectivity index (χ1n) is 8.52. The van der Waals surface area contributed by atoms with Crippen LogP contribution in [0, 0.1) is 0 Å². The minimum absolute atomic E-state index is 0.0173. The molecule has 1 fully saturated rings. The Hall–Kier alpha value is -1.83. The molecule has 0 spiro atoms. The highest BCUT2D eigenvalue weighted by atomic mass is 35.5. The van der Waals surface area contributed by atoms with E-state index >= 15 is 0 Å². The smallest absolute Gasteiger partial charge is 0.346 e. The summed E-state index contributed by atoms with van der Waals surface area (Å²) in [5.74, 6) is 0. The molecule has 0 unspecified atom stereocenters. The molecule has 1 aliphatic heterocycles. The predicted octanol–water partition coefficient (Wildman–Crippen LogP) is 4.87. The lowest BCUT2D eigenvalue weighted by Crippen LogP contribution is -2.49. The molecule has 27 heavy (non-hydrogen) atoms. The van der Waals surface area contributed by atoms with Crippen LogP contribution in [0.25, 0.3) is 0 Å². The van der Waals surface area contributed by atoms with E-state index in [0.29, 0.717) is 23.2 Å². The van der Waals surface area contributed by atoms with Crippen LogP contribution in [-0.2, 0) is 12.7 Å². The molecule has 3 rings (SSSR count). The van der Waals surface area contributed by atoms with Gasteiger partial charge in [-0.2, -0.15) is 13.2 Å². The van der Waals surface area contributed by atoms with Crippen molar-refractivity contribution in [2.45, 2.75) is 12.7 Å². The van der Waals surface area contributed by atoms with E-state index in [2.05, 4.69) is 10.2 Å². The molecule has 8 heteroatoms. The van der Waals surface area contributed by atoms with Crippen LogP contribution in [0.5, 0.6) is 0 Å². The SMILES string of the molecule is FC(F)(F)c1ccccc1NC(=S)N1CCN(Cc2cccc(Cl)c2)CC1. The average Bonchev–Trinajstić information content (AvgIpc) is 2.62. The number of rotatable bonds is 3. The Kier molecular flexibility index (Phi) is 6.24. The van der Waals surface area contributed by atoms with Crippen molar-refractivity contribution in [1.82, 2.24) is 9.80 Å². The molecule has 2 aromatic carbocycles. The number of nitrogens with one attached hydrogen (secondary N) is 1. The number of nitrogens with zero attached hydrogens (tertiary/aromatic N) is 2. The van der Waals surface area contributed by atoms with Crippen LogP contribution >= 0.6 is 23.8 Å². The molecular weight excluding hydrogens is 395 g/mol. The summed E-state index contributed by atoms with van der Waals surface area (Å²) >= 11 is 11.4. The number of piperazine rings is 1. The standard InChI is InChI=1S/C19H19ClF3N3S/c20-15-5-3-4-14(12-15)13-25-8-10-26(11-9-25)18(27)24-17-7-2-1-6-16(17)19(21,22)23/h1-7,12H,8-11,13H2,(H,24,27). The number of hydrogen-bond acceptors (Lipinski definition) is 2. The van der Waals surface area contributed by atoms with E-state index in [1.54, 1.807) is 6.07 Å². The number of halogens is 4. The van der Waals surface area contributed by atoms with Crippen molar-refractivity contribution in [2.75, 3.05) is 31.5 Å². The molecule has 0 bridgehead atoms. The fraction of sp³-hybridized carbons (Fsp3) is 0.316. The lowest BCUT2D eigenvalue weighted by atomic mass is 10.1. The predicted molar refractivity (Wildman–Crippen MR) is 106 cm³/mol. The normalized spacial score (nSPS) is 15.6. The first-order valence-corrected chi connectivity index (χ1v) is 9.30. The fourth-order valence-electron chi connectivity index (χ4n) is 3.04. The van der Waals surface area contributed by atoms with Crippen LogP contribution < -0.4 is 5.32 Å². The van der Waals surface area contributed by atoms with Gasteiger partial charge in [0.1, 0.15) is 0 Å². The largest absolute Gasteiger partial charge is 0.418 e. The van der Waals surface area contributed by atoms with E-state index in [1.807, 2.05) is 29.2 Å². The van der Waals surface area contributed by atoms with E-state index in [-0.39, 0.29) is 5.69 Å². The van der Waals surface area contributed by atoms with Crippen molar-refractivity contribution in [3.05, 3.63) is 64.7 Å². The summed E-state index contributed by atoms with van der Waals surface area (Å²) in [5, 5.41) is 3.78. The Morgan fingerprint density at radius 2 is 1.74 bits per heavy atom. The van der Waals surface area contributed by atoms with E-state index in [9.17, 15) is 13.2 Å². The Labute approximate surface area is 166 Å². The number of alkyl halides is 3. The molecule has 1 heterocycles. The summed E-state index contributed by atoms with van der Waals surface area (Å²) in [4.78, 5) is 4.17. The van der Waals surface area contributed by atoms with Gasteiger partial charge in [0.15, 0.2) is 5.11 Å². The molecule has 0 aromatic heterocycles. The maximum Gasteiger partial charge on any atom is 0.418 e. The Morgan fingerprint density at radius 3 is 2.41 bits per heavy atom. The van der Waals surface area contributed by atoms with Crippen molar-refractivity contribution < 1.29 is 13.2 Å². The summed E-state index contributed by atoms with van der Waals surface area (Å²) in [6.07, 6.45) is -4.42. The highest BCUT2D eigenvalue weighted by Gasteiger charge is 2.33. The summed E-state index contributed by atoms with van der Waals surface area (Å²) in [6.45, 7) is 3.64. The summed E-state index contributed by atoms with van der Waals surface area (Å²) in [5.41, 5.74) is 0.402. The van der Waals surface area contributed by atoms with Gasteiger partial charge in [-0.3, -0.25) is 4.90 Å². The lowest BCUT2D eigenvalue weighted by Gasteiger charge is -2.36. The van der Waals surface area contributed by atoms with E-state index in [4.69, 9.17) is 23.8 Å². The Balaban J connectivity index is 1.56. The first-order chi connectivity index (χ1) is 12.8. The van der Waals surface area contributed by atoms with Crippen LogP contribution in [0.4, 0.5) is 18.9 Å². The number of thiocarbonyl (C=S) groups is 1. The maximum absolute atomic E-state index is 13.1. The topological polar surface area (TPSA) is 18.5 Å².